The number of hydrogen-bond acceptors (Lipinski definition) is 5. The Balaban J connectivity index is 1.84. The van der Waals surface area contributed by atoms with Crippen LogP contribution in [0.15, 0.2) is 48.0 Å². The number of imide groups is 2. The molecule has 4 rings (SSSR count). The third kappa shape index (κ3) is 4.11. The number of fused-ring (bicyclic) bond motifs is 1. The largest absolute Gasteiger partial charge is 0.496 e. The fraction of sp³-hybridized carbons (Fsp3) is 0.321. The zero-order valence-electron chi connectivity index (χ0n) is 21.1. The highest BCUT2D eigenvalue weighted by molar-refractivity contribution is 6.39. The van der Waals surface area contributed by atoms with Crippen LogP contribution >= 0.6 is 0 Å². The van der Waals surface area contributed by atoms with E-state index in [1.807, 2.05) is 31.2 Å². The number of methoxy groups -OCH3 is 1. The Bertz CT molecular complexity index is 1290. The topological polar surface area (TPSA) is 79.0 Å². The number of allylic oxidation sites excluding steroid dienone is 1. The van der Waals surface area contributed by atoms with Crippen LogP contribution in [0.5, 0.6) is 5.75 Å². The Morgan fingerprint density at radius 2 is 1.77 bits per heavy atom. The number of carbonyl (C=O) groups excluding carboxylic acids is 3. The zero-order valence-corrected chi connectivity index (χ0v) is 21.1. The molecular formula is C28H31N3O4. The highest BCUT2D eigenvalue weighted by atomic mass is 16.5. The van der Waals surface area contributed by atoms with E-state index < -0.39 is 17.8 Å². The Morgan fingerprint density at radius 3 is 2.43 bits per heavy atom. The van der Waals surface area contributed by atoms with Gasteiger partial charge in [-0.1, -0.05) is 31.2 Å². The molecule has 7 nitrogen and oxygen atoms in total. The Labute approximate surface area is 206 Å². The van der Waals surface area contributed by atoms with Crippen LogP contribution in [-0.2, 0) is 16.0 Å². The van der Waals surface area contributed by atoms with E-state index in [1.165, 1.54) is 6.08 Å². The third-order valence-electron chi connectivity index (χ3n) is 6.66. The van der Waals surface area contributed by atoms with Gasteiger partial charge >= 0.3 is 6.03 Å². The van der Waals surface area contributed by atoms with E-state index in [0.29, 0.717) is 23.4 Å². The van der Waals surface area contributed by atoms with Gasteiger partial charge in [-0.15, -0.1) is 0 Å². The van der Waals surface area contributed by atoms with E-state index in [4.69, 9.17) is 4.74 Å². The monoisotopic (exact) mass is 473 g/mol. The standard InChI is InChI=1S/C28H31N3O4/c1-7-18-11-9-10-12-22(18)31-26(33)21(25(32)29-27(31)34)14-19-13-20-17(3)16-28(4,5)30(8-2)23(20)15-24(19)35-6/h9-16H,7-8H2,1-6H3,(H,29,32,34)/b21-14-. The van der Waals surface area contributed by atoms with Crippen LogP contribution in [0.1, 0.15) is 51.3 Å². The van der Waals surface area contributed by atoms with E-state index in [9.17, 15) is 14.4 Å². The summed E-state index contributed by atoms with van der Waals surface area (Å²) >= 11 is 0. The van der Waals surface area contributed by atoms with Gasteiger partial charge in [0.05, 0.1) is 18.3 Å². The SMILES string of the molecule is CCc1ccccc1N1C(=O)NC(=O)/C(=C/c2cc3c(cc2OC)N(CC)C(C)(C)C=C3C)C1=O. The molecule has 7 heteroatoms. The molecule has 1 saturated heterocycles. The predicted molar refractivity (Wildman–Crippen MR) is 139 cm³/mol. The molecule has 2 aliphatic rings. The molecule has 0 aliphatic carbocycles. The number of likely N-dealkylation sites (N-methyl/N-ethyl adjacent to an activating group) is 1. The summed E-state index contributed by atoms with van der Waals surface area (Å²) in [5.41, 5.74) is 4.74. The molecule has 4 amide bonds. The maximum absolute atomic E-state index is 13.5. The number of aryl methyl sites for hydroxylation is 1. The van der Waals surface area contributed by atoms with Crippen LogP contribution in [0.3, 0.4) is 0 Å². The first-order valence-corrected chi connectivity index (χ1v) is 11.8. The second-order valence-electron chi connectivity index (χ2n) is 9.28. The molecule has 2 aromatic rings. The van der Waals surface area contributed by atoms with Gasteiger partial charge in [-0.2, -0.15) is 0 Å². The lowest BCUT2D eigenvalue weighted by Crippen LogP contribution is -2.54. The van der Waals surface area contributed by atoms with Crippen LogP contribution in [0.4, 0.5) is 16.2 Å². The van der Waals surface area contributed by atoms with Crippen molar-refractivity contribution in [1.82, 2.24) is 5.32 Å². The number of carbonyl (C=O) groups is 3. The van der Waals surface area contributed by atoms with Crippen LogP contribution in [0, 0.1) is 0 Å². The van der Waals surface area contributed by atoms with Crippen molar-refractivity contribution >= 4 is 40.9 Å². The van der Waals surface area contributed by atoms with Crippen molar-refractivity contribution in [1.29, 1.82) is 0 Å². The molecule has 1 fully saturated rings. The molecule has 0 spiro atoms. The summed E-state index contributed by atoms with van der Waals surface area (Å²) in [7, 11) is 1.56. The normalized spacial score (nSPS) is 18.4. The molecule has 0 atom stereocenters. The van der Waals surface area contributed by atoms with E-state index in [2.05, 4.69) is 44.0 Å². The molecule has 2 aliphatic heterocycles. The summed E-state index contributed by atoms with van der Waals surface area (Å²) in [6.45, 7) is 11.2. The second kappa shape index (κ2) is 9.06. The van der Waals surface area contributed by atoms with Crippen molar-refractivity contribution in [3.05, 3.63) is 64.7 Å². The number of amides is 4. The van der Waals surface area contributed by atoms with Gasteiger partial charge in [0.1, 0.15) is 11.3 Å². The summed E-state index contributed by atoms with van der Waals surface area (Å²) < 4.78 is 5.67. The highest BCUT2D eigenvalue weighted by Gasteiger charge is 2.38. The van der Waals surface area contributed by atoms with E-state index >= 15 is 0 Å². The van der Waals surface area contributed by atoms with Gasteiger partial charge < -0.3 is 9.64 Å². The van der Waals surface area contributed by atoms with Crippen LogP contribution < -0.4 is 19.9 Å². The lowest BCUT2D eigenvalue weighted by atomic mass is 9.87. The minimum atomic E-state index is -0.755. The number of ether oxygens (including phenoxy) is 1. The van der Waals surface area contributed by atoms with Gasteiger partial charge in [-0.05, 0) is 63.5 Å². The summed E-state index contributed by atoms with van der Waals surface area (Å²) in [6, 6.07) is 10.3. The molecule has 0 aromatic heterocycles. The molecule has 182 valence electrons. The van der Waals surface area contributed by atoms with Gasteiger partial charge in [0, 0.05) is 29.4 Å². The van der Waals surface area contributed by atoms with E-state index in [0.717, 1.165) is 33.8 Å². The summed E-state index contributed by atoms with van der Waals surface area (Å²) in [6.07, 6.45) is 4.35. The maximum Gasteiger partial charge on any atom is 0.335 e. The fourth-order valence-electron chi connectivity index (χ4n) is 5.05. The molecule has 0 unspecified atom stereocenters. The molecule has 2 aromatic carbocycles. The number of nitrogens with zero attached hydrogens (tertiary/aromatic N) is 2. The number of nitrogens with one attached hydrogen (secondary N) is 1. The molecule has 1 N–H and O–H groups in total. The smallest absolute Gasteiger partial charge is 0.335 e. The second-order valence-corrected chi connectivity index (χ2v) is 9.28. The number of hydrogen-bond donors (Lipinski definition) is 1. The summed E-state index contributed by atoms with van der Waals surface area (Å²) in [5, 5.41) is 2.31. The third-order valence-corrected chi connectivity index (χ3v) is 6.66. The Kier molecular flexibility index (Phi) is 6.28. The number of para-hydroxylation sites is 1. The van der Waals surface area contributed by atoms with Crippen LogP contribution in [0.2, 0.25) is 0 Å². The molecule has 35 heavy (non-hydrogen) atoms. The van der Waals surface area contributed by atoms with Gasteiger partial charge in [-0.3, -0.25) is 14.9 Å². The maximum atomic E-state index is 13.5. The number of benzene rings is 2. The molecule has 0 radical (unpaired) electrons. The first-order chi connectivity index (χ1) is 16.6. The van der Waals surface area contributed by atoms with Crippen molar-refractivity contribution < 1.29 is 19.1 Å². The summed E-state index contributed by atoms with van der Waals surface area (Å²) in [5.74, 6) is -0.852. The van der Waals surface area contributed by atoms with Crippen LogP contribution in [0.25, 0.3) is 11.6 Å². The Hall–Kier alpha value is -3.87. The Morgan fingerprint density at radius 1 is 1.06 bits per heavy atom. The number of anilines is 2. The first-order valence-electron chi connectivity index (χ1n) is 11.8. The van der Waals surface area contributed by atoms with Crippen molar-refractivity contribution in [2.75, 3.05) is 23.5 Å². The predicted octanol–water partition coefficient (Wildman–Crippen LogP) is 4.95. The lowest BCUT2D eigenvalue weighted by Gasteiger charge is -2.43. The number of rotatable bonds is 5. The minimum absolute atomic E-state index is 0.126. The van der Waals surface area contributed by atoms with Crippen molar-refractivity contribution in [3.8, 4) is 5.75 Å². The van der Waals surface area contributed by atoms with E-state index in [-0.39, 0.29) is 11.1 Å². The molecule has 2 heterocycles. The van der Waals surface area contributed by atoms with Crippen molar-refractivity contribution in [2.45, 2.75) is 46.6 Å². The summed E-state index contributed by atoms with van der Waals surface area (Å²) in [4.78, 5) is 42.2. The fourth-order valence-corrected chi connectivity index (χ4v) is 5.05. The molecular weight excluding hydrogens is 442 g/mol. The van der Waals surface area contributed by atoms with Crippen molar-refractivity contribution in [3.63, 3.8) is 0 Å². The first kappa shape index (κ1) is 24.3. The zero-order chi connectivity index (χ0) is 25.5. The van der Waals surface area contributed by atoms with Gasteiger partial charge in [0.15, 0.2) is 0 Å². The molecule has 0 saturated carbocycles. The van der Waals surface area contributed by atoms with Crippen molar-refractivity contribution in [2.24, 2.45) is 0 Å². The lowest BCUT2D eigenvalue weighted by molar-refractivity contribution is -0.122. The van der Waals surface area contributed by atoms with Gasteiger partial charge in [-0.25, -0.2) is 9.69 Å². The average molecular weight is 474 g/mol. The van der Waals surface area contributed by atoms with E-state index in [1.54, 1.807) is 19.2 Å². The quantitative estimate of drug-likeness (QED) is 0.491. The number of barbiturate groups is 1. The average Bonchev–Trinajstić information content (AvgIpc) is 2.81. The van der Waals surface area contributed by atoms with Crippen LogP contribution in [-0.4, -0.2) is 37.0 Å². The minimum Gasteiger partial charge on any atom is -0.496 e. The number of urea groups is 1. The highest BCUT2D eigenvalue weighted by Crippen LogP contribution is 2.42. The van der Waals surface area contributed by atoms with Gasteiger partial charge in [0.2, 0.25) is 0 Å². The molecule has 0 bridgehead atoms. The van der Waals surface area contributed by atoms with Gasteiger partial charge in [0.25, 0.3) is 11.8 Å².